The van der Waals surface area contributed by atoms with E-state index in [1.54, 1.807) is 19.9 Å². The standard InChI is InChI=1S/C18H24N4O3S.HI/c1-18(2,22-26(3,23)24)13-20-17(19)21-14-8-7-11-16(12-14)25-15-9-5-4-6-10-15;/h4-12,22H,13H2,1-3H3,(H3,19,20,21);1H. The SMILES string of the molecule is CC(C)(CN=C(N)Nc1cccc(Oc2ccccc2)c1)NS(C)(=O)=O.I. The van der Waals surface area contributed by atoms with Crippen molar-refractivity contribution in [3.8, 4) is 11.5 Å². The van der Waals surface area contributed by atoms with Crippen LogP contribution in [-0.4, -0.2) is 32.7 Å². The molecule has 0 saturated heterocycles. The van der Waals surface area contributed by atoms with Crippen molar-refractivity contribution in [2.75, 3.05) is 18.1 Å². The van der Waals surface area contributed by atoms with E-state index < -0.39 is 15.6 Å². The number of rotatable bonds is 7. The van der Waals surface area contributed by atoms with Crippen molar-refractivity contribution in [2.45, 2.75) is 19.4 Å². The fourth-order valence-electron chi connectivity index (χ4n) is 2.27. The minimum atomic E-state index is -3.32. The maximum Gasteiger partial charge on any atom is 0.209 e. The Morgan fingerprint density at radius 1 is 1.11 bits per heavy atom. The quantitative estimate of drug-likeness (QED) is 0.305. The van der Waals surface area contributed by atoms with Gasteiger partial charge < -0.3 is 15.8 Å². The van der Waals surface area contributed by atoms with Crippen molar-refractivity contribution >= 4 is 45.6 Å². The summed E-state index contributed by atoms with van der Waals surface area (Å²) >= 11 is 0. The monoisotopic (exact) mass is 504 g/mol. The largest absolute Gasteiger partial charge is 0.457 e. The summed E-state index contributed by atoms with van der Waals surface area (Å²) in [5.74, 6) is 1.58. The summed E-state index contributed by atoms with van der Waals surface area (Å²) in [6.45, 7) is 3.66. The van der Waals surface area contributed by atoms with Crippen LogP contribution in [0.3, 0.4) is 0 Å². The van der Waals surface area contributed by atoms with E-state index in [1.165, 1.54) is 0 Å². The van der Waals surface area contributed by atoms with Crippen LogP contribution >= 0.6 is 24.0 Å². The van der Waals surface area contributed by atoms with Gasteiger partial charge in [0.15, 0.2) is 5.96 Å². The van der Waals surface area contributed by atoms with Gasteiger partial charge in [-0.05, 0) is 38.1 Å². The highest BCUT2D eigenvalue weighted by atomic mass is 127. The molecule has 27 heavy (non-hydrogen) atoms. The first-order chi connectivity index (χ1) is 12.1. The zero-order chi connectivity index (χ0) is 19.2. The molecule has 0 spiro atoms. The molecular weight excluding hydrogens is 479 g/mol. The van der Waals surface area contributed by atoms with Crippen molar-refractivity contribution < 1.29 is 13.2 Å². The predicted octanol–water partition coefficient (Wildman–Crippen LogP) is 3.15. The molecule has 0 aromatic heterocycles. The Kier molecular flexibility index (Phi) is 8.51. The number of anilines is 1. The van der Waals surface area contributed by atoms with Gasteiger partial charge in [-0.15, -0.1) is 24.0 Å². The summed E-state index contributed by atoms with van der Waals surface area (Å²) < 4.78 is 31.0. The van der Waals surface area contributed by atoms with E-state index in [0.29, 0.717) is 11.4 Å². The van der Waals surface area contributed by atoms with Gasteiger partial charge in [-0.25, -0.2) is 13.1 Å². The van der Waals surface area contributed by atoms with E-state index in [4.69, 9.17) is 10.5 Å². The second-order valence-corrected chi connectivity index (χ2v) is 8.28. The molecule has 0 atom stereocenters. The molecule has 0 aliphatic rings. The molecule has 0 heterocycles. The lowest BCUT2D eigenvalue weighted by Crippen LogP contribution is -2.45. The number of guanidine groups is 1. The highest BCUT2D eigenvalue weighted by Gasteiger charge is 2.21. The highest BCUT2D eigenvalue weighted by molar-refractivity contribution is 14.0. The Balaban J connectivity index is 0.00000364. The third-order valence-electron chi connectivity index (χ3n) is 3.19. The van der Waals surface area contributed by atoms with Crippen LogP contribution in [0.5, 0.6) is 11.5 Å². The lowest BCUT2D eigenvalue weighted by atomic mass is 10.1. The second kappa shape index (κ2) is 9.90. The maximum absolute atomic E-state index is 11.3. The van der Waals surface area contributed by atoms with E-state index in [0.717, 1.165) is 12.0 Å². The lowest BCUT2D eigenvalue weighted by molar-refractivity contribution is 0.466. The second-order valence-electron chi connectivity index (χ2n) is 6.53. The Labute approximate surface area is 177 Å². The number of benzene rings is 2. The normalized spacial score (nSPS) is 12.2. The first-order valence-electron chi connectivity index (χ1n) is 8.02. The summed E-state index contributed by atoms with van der Waals surface area (Å²) in [7, 11) is -3.32. The van der Waals surface area contributed by atoms with E-state index in [-0.39, 0.29) is 36.5 Å². The van der Waals surface area contributed by atoms with Crippen molar-refractivity contribution in [2.24, 2.45) is 10.7 Å². The van der Waals surface area contributed by atoms with Gasteiger partial charge in [0.2, 0.25) is 10.0 Å². The van der Waals surface area contributed by atoms with Gasteiger partial charge in [0.1, 0.15) is 11.5 Å². The van der Waals surface area contributed by atoms with Crippen LogP contribution in [0.1, 0.15) is 13.8 Å². The molecule has 2 aromatic rings. The number of hydrogen-bond donors (Lipinski definition) is 3. The molecule has 0 radical (unpaired) electrons. The van der Waals surface area contributed by atoms with Gasteiger partial charge in [0, 0.05) is 17.3 Å². The van der Waals surface area contributed by atoms with Gasteiger partial charge in [0.25, 0.3) is 0 Å². The van der Waals surface area contributed by atoms with E-state index in [1.807, 2.05) is 48.5 Å². The van der Waals surface area contributed by atoms with Crippen LogP contribution < -0.4 is 20.5 Å². The number of hydrogen-bond acceptors (Lipinski definition) is 4. The number of nitrogens with two attached hydrogens (primary N) is 1. The Morgan fingerprint density at radius 2 is 1.74 bits per heavy atom. The van der Waals surface area contributed by atoms with Crippen molar-refractivity contribution in [1.82, 2.24) is 4.72 Å². The molecule has 0 amide bonds. The minimum absolute atomic E-state index is 0. The number of nitrogens with one attached hydrogen (secondary N) is 2. The summed E-state index contributed by atoms with van der Waals surface area (Å²) in [4.78, 5) is 4.20. The van der Waals surface area contributed by atoms with Gasteiger partial charge in [-0.1, -0.05) is 24.3 Å². The fraction of sp³-hybridized carbons (Fsp3) is 0.278. The average Bonchev–Trinajstić information content (AvgIpc) is 2.52. The number of para-hydroxylation sites is 1. The van der Waals surface area contributed by atoms with Crippen LogP contribution in [-0.2, 0) is 10.0 Å². The molecule has 0 aliphatic heterocycles. The van der Waals surface area contributed by atoms with E-state index >= 15 is 0 Å². The zero-order valence-corrected chi connectivity index (χ0v) is 18.6. The summed E-state index contributed by atoms with van der Waals surface area (Å²) in [6.07, 6.45) is 1.11. The van der Waals surface area contributed by atoms with Crippen molar-refractivity contribution in [3.63, 3.8) is 0 Å². The molecule has 0 unspecified atom stereocenters. The molecule has 2 rings (SSSR count). The molecule has 4 N–H and O–H groups in total. The van der Waals surface area contributed by atoms with Crippen LogP contribution in [0.25, 0.3) is 0 Å². The maximum atomic E-state index is 11.3. The molecule has 9 heteroatoms. The smallest absolute Gasteiger partial charge is 0.209 e. The third kappa shape index (κ3) is 9.07. The van der Waals surface area contributed by atoms with E-state index in [9.17, 15) is 8.42 Å². The molecule has 148 valence electrons. The molecule has 0 saturated carbocycles. The van der Waals surface area contributed by atoms with Crippen LogP contribution in [0, 0.1) is 0 Å². The molecule has 0 bridgehead atoms. The van der Waals surface area contributed by atoms with Gasteiger partial charge in [0.05, 0.1) is 12.8 Å². The number of ether oxygens (including phenoxy) is 1. The molecule has 0 aliphatic carbocycles. The molecule has 2 aromatic carbocycles. The Morgan fingerprint density at radius 3 is 2.37 bits per heavy atom. The van der Waals surface area contributed by atoms with Crippen molar-refractivity contribution in [1.29, 1.82) is 0 Å². The molecular formula is C18H25IN4O3S. The Bertz CT molecular complexity index is 871. The number of sulfonamides is 1. The fourth-order valence-corrected chi connectivity index (χ4v) is 3.33. The Hall–Kier alpha value is -1.85. The molecule has 7 nitrogen and oxygen atoms in total. The zero-order valence-electron chi connectivity index (χ0n) is 15.5. The summed E-state index contributed by atoms with van der Waals surface area (Å²) in [5.41, 5.74) is 5.88. The minimum Gasteiger partial charge on any atom is -0.457 e. The van der Waals surface area contributed by atoms with Gasteiger partial charge in [-0.3, -0.25) is 4.99 Å². The van der Waals surface area contributed by atoms with Gasteiger partial charge in [-0.2, -0.15) is 0 Å². The first-order valence-corrected chi connectivity index (χ1v) is 9.91. The van der Waals surface area contributed by atoms with Gasteiger partial charge >= 0.3 is 0 Å². The van der Waals surface area contributed by atoms with E-state index in [2.05, 4.69) is 15.0 Å². The first kappa shape index (κ1) is 23.2. The number of halogens is 1. The topological polar surface area (TPSA) is 106 Å². The van der Waals surface area contributed by atoms with Crippen LogP contribution in [0.2, 0.25) is 0 Å². The lowest BCUT2D eigenvalue weighted by Gasteiger charge is -2.22. The number of nitrogens with zero attached hydrogens (tertiary/aromatic N) is 1. The third-order valence-corrected chi connectivity index (χ3v) is 4.12. The molecule has 0 fully saturated rings. The average molecular weight is 504 g/mol. The summed E-state index contributed by atoms with van der Waals surface area (Å²) in [6, 6.07) is 16.8. The van der Waals surface area contributed by atoms with Crippen molar-refractivity contribution in [3.05, 3.63) is 54.6 Å². The van der Waals surface area contributed by atoms with Crippen LogP contribution in [0.4, 0.5) is 5.69 Å². The predicted molar refractivity (Wildman–Crippen MR) is 121 cm³/mol. The van der Waals surface area contributed by atoms with Crippen LogP contribution in [0.15, 0.2) is 59.6 Å². The summed E-state index contributed by atoms with van der Waals surface area (Å²) in [5, 5.41) is 2.97. The number of aliphatic imine (C=N–C) groups is 1. The highest BCUT2D eigenvalue weighted by Crippen LogP contribution is 2.23.